The Morgan fingerprint density at radius 3 is 2.68 bits per heavy atom. The van der Waals surface area contributed by atoms with Gasteiger partial charge in [-0.3, -0.25) is 9.59 Å². The van der Waals surface area contributed by atoms with Gasteiger partial charge in [-0.15, -0.1) is 10.2 Å². The summed E-state index contributed by atoms with van der Waals surface area (Å²) in [7, 11) is 0. The second-order valence-corrected chi connectivity index (χ2v) is 6.69. The number of nitrogens with one attached hydrogen (secondary N) is 2. The van der Waals surface area contributed by atoms with E-state index < -0.39 is 0 Å². The first-order valence-corrected chi connectivity index (χ1v) is 9.35. The largest absolute Gasteiger partial charge is 0.459 e. The Bertz CT molecular complexity index is 960. The number of hydrogen-bond acceptors (Lipinski definition) is 5. The summed E-state index contributed by atoms with van der Waals surface area (Å²) in [6, 6.07) is 9.92. The van der Waals surface area contributed by atoms with Gasteiger partial charge in [0.2, 0.25) is 0 Å². The number of carbonyl (C=O) groups excluding carboxylic acids is 2. The molecule has 28 heavy (non-hydrogen) atoms. The highest BCUT2D eigenvalue weighted by Crippen LogP contribution is 2.15. The van der Waals surface area contributed by atoms with Crippen LogP contribution in [0.15, 0.2) is 47.1 Å². The molecule has 2 amide bonds. The van der Waals surface area contributed by atoms with Crippen LogP contribution in [0.5, 0.6) is 0 Å². The van der Waals surface area contributed by atoms with Crippen molar-refractivity contribution >= 4 is 17.5 Å². The van der Waals surface area contributed by atoms with Crippen molar-refractivity contribution < 1.29 is 14.0 Å². The van der Waals surface area contributed by atoms with E-state index >= 15 is 0 Å². The first-order valence-electron chi connectivity index (χ1n) is 9.35. The zero-order chi connectivity index (χ0) is 19.3. The average Bonchev–Trinajstić information content (AvgIpc) is 3.32. The van der Waals surface area contributed by atoms with E-state index in [1.165, 1.54) is 12.7 Å². The lowest BCUT2D eigenvalue weighted by Gasteiger charge is -2.09. The van der Waals surface area contributed by atoms with Gasteiger partial charge in [-0.05, 0) is 49.2 Å². The molecule has 0 saturated heterocycles. The van der Waals surface area contributed by atoms with E-state index in [1.807, 2.05) is 0 Å². The molecule has 0 aliphatic carbocycles. The first-order chi connectivity index (χ1) is 13.7. The van der Waals surface area contributed by atoms with Crippen LogP contribution in [0.25, 0.3) is 0 Å². The number of fused-ring (bicyclic) bond motifs is 1. The first kappa shape index (κ1) is 18.0. The standard InChI is InChI=1S/C20H21N5O3/c26-19(21-13-18-24-23-17-6-2-1-3-11-25(17)18)14-7-9-15(10-8-14)22-20(27)16-5-4-12-28-16/h4-5,7-10,12H,1-3,6,11,13H2,(H,21,26)(H,22,27). The molecular formula is C20H21N5O3. The Kier molecular flexibility index (Phi) is 5.18. The summed E-state index contributed by atoms with van der Waals surface area (Å²) in [5, 5.41) is 14.1. The molecule has 3 heterocycles. The highest BCUT2D eigenvalue weighted by molar-refractivity contribution is 6.02. The van der Waals surface area contributed by atoms with Crippen molar-refractivity contribution in [3.05, 3.63) is 65.6 Å². The Morgan fingerprint density at radius 1 is 1.04 bits per heavy atom. The number of furan rings is 1. The molecule has 0 radical (unpaired) electrons. The van der Waals surface area contributed by atoms with Crippen molar-refractivity contribution in [2.45, 2.75) is 38.8 Å². The molecule has 0 saturated carbocycles. The molecule has 144 valence electrons. The second-order valence-electron chi connectivity index (χ2n) is 6.69. The van der Waals surface area contributed by atoms with Crippen LogP contribution in [0.2, 0.25) is 0 Å². The maximum Gasteiger partial charge on any atom is 0.291 e. The molecule has 8 nitrogen and oxygen atoms in total. The Labute approximate surface area is 162 Å². The van der Waals surface area contributed by atoms with Gasteiger partial charge in [0.15, 0.2) is 11.6 Å². The third-order valence-corrected chi connectivity index (χ3v) is 4.74. The normalized spacial score (nSPS) is 13.4. The third kappa shape index (κ3) is 3.95. The number of nitrogens with zero attached hydrogens (tertiary/aromatic N) is 3. The number of carbonyl (C=O) groups is 2. The average molecular weight is 379 g/mol. The molecule has 1 aromatic carbocycles. The Balaban J connectivity index is 1.35. The van der Waals surface area contributed by atoms with Gasteiger partial charge in [-0.1, -0.05) is 6.42 Å². The van der Waals surface area contributed by atoms with Crippen LogP contribution in [-0.4, -0.2) is 26.6 Å². The van der Waals surface area contributed by atoms with Crippen LogP contribution >= 0.6 is 0 Å². The fourth-order valence-electron chi connectivity index (χ4n) is 3.24. The van der Waals surface area contributed by atoms with E-state index in [2.05, 4.69) is 25.4 Å². The number of anilines is 1. The van der Waals surface area contributed by atoms with Crippen molar-refractivity contribution in [2.24, 2.45) is 0 Å². The minimum absolute atomic E-state index is 0.199. The molecule has 2 aromatic heterocycles. The quantitative estimate of drug-likeness (QED) is 0.710. The van der Waals surface area contributed by atoms with Crippen molar-refractivity contribution in [2.75, 3.05) is 5.32 Å². The van der Waals surface area contributed by atoms with E-state index in [1.54, 1.807) is 36.4 Å². The SMILES string of the molecule is O=C(NCc1nnc2n1CCCCC2)c1ccc(NC(=O)c2ccco2)cc1. The maximum atomic E-state index is 12.4. The number of aryl methyl sites for hydroxylation is 1. The topological polar surface area (TPSA) is 102 Å². The van der Waals surface area contributed by atoms with Crippen LogP contribution < -0.4 is 10.6 Å². The lowest BCUT2D eigenvalue weighted by molar-refractivity contribution is 0.0948. The number of amides is 2. The molecule has 0 fully saturated rings. The van der Waals surface area contributed by atoms with E-state index in [-0.39, 0.29) is 17.6 Å². The van der Waals surface area contributed by atoms with Crippen LogP contribution in [0.3, 0.4) is 0 Å². The zero-order valence-corrected chi connectivity index (χ0v) is 15.4. The van der Waals surface area contributed by atoms with Crippen molar-refractivity contribution in [3.63, 3.8) is 0 Å². The summed E-state index contributed by atoms with van der Waals surface area (Å²) in [5.41, 5.74) is 1.09. The van der Waals surface area contributed by atoms with Crippen molar-refractivity contribution in [1.82, 2.24) is 20.1 Å². The summed E-state index contributed by atoms with van der Waals surface area (Å²) in [6.45, 7) is 1.24. The summed E-state index contributed by atoms with van der Waals surface area (Å²) in [5.74, 6) is 1.48. The van der Waals surface area contributed by atoms with Crippen LogP contribution in [-0.2, 0) is 19.5 Å². The Hall–Kier alpha value is -3.42. The zero-order valence-electron chi connectivity index (χ0n) is 15.4. The summed E-state index contributed by atoms with van der Waals surface area (Å²) in [4.78, 5) is 24.4. The predicted molar refractivity (Wildman–Crippen MR) is 102 cm³/mol. The monoisotopic (exact) mass is 379 g/mol. The highest BCUT2D eigenvalue weighted by atomic mass is 16.3. The minimum atomic E-state index is -0.338. The molecule has 1 aliphatic heterocycles. The van der Waals surface area contributed by atoms with Gasteiger partial charge in [0.1, 0.15) is 5.82 Å². The van der Waals surface area contributed by atoms with Crippen LogP contribution in [0.1, 0.15) is 51.8 Å². The fourth-order valence-corrected chi connectivity index (χ4v) is 3.24. The van der Waals surface area contributed by atoms with E-state index in [0.29, 0.717) is 17.8 Å². The number of rotatable bonds is 5. The highest BCUT2D eigenvalue weighted by Gasteiger charge is 2.15. The van der Waals surface area contributed by atoms with Crippen LogP contribution in [0, 0.1) is 0 Å². The minimum Gasteiger partial charge on any atom is -0.459 e. The van der Waals surface area contributed by atoms with Crippen LogP contribution in [0.4, 0.5) is 5.69 Å². The van der Waals surface area contributed by atoms with E-state index in [0.717, 1.165) is 37.5 Å². The number of aromatic nitrogens is 3. The lowest BCUT2D eigenvalue weighted by Crippen LogP contribution is -2.25. The summed E-state index contributed by atoms with van der Waals surface area (Å²) >= 11 is 0. The van der Waals surface area contributed by atoms with E-state index in [9.17, 15) is 9.59 Å². The van der Waals surface area contributed by atoms with Gasteiger partial charge in [-0.25, -0.2) is 0 Å². The van der Waals surface area contributed by atoms with Gasteiger partial charge in [0.05, 0.1) is 12.8 Å². The molecule has 1 aliphatic rings. The number of hydrogen-bond donors (Lipinski definition) is 2. The third-order valence-electron chi connectivity index (χ3n) is 4.74. The Morgan fingerprint density at radius 2 is 1.89 bits per heavy atom. The summed E-state index contributed by atoms with van der Waals surface area (Å²) < 4.78 is 7.17. The molecule has 8 heteroatoms. The molecular weight excluding hydrogens is 358 g/mol. The fraction of sp³-hybridized carbons (Fsp3) is 0.300. The predicted octanol–water partition coefficient (Wildman–Crippen LogP) is 2.78. The van der Waals surface area contributed by atoms with Gasteiger partial charge < -0.3 is 19.6 Å². The lowest BCUT2D eigenvalue weighted by atomic mass is 10.2. The van der Waals surface area contributed by atoms with Gasteiger partial charge in [0.25, 0.3) is 11.8 Å². The molecule has 0 unspecified atom stereocenters. The van der Waals surface area contributed by atoms with Gasteiger partial charge >= 0.3 is 0 Å². The molecule has 3 aromatic rings. The van der Waals surface area contributed by atoms with Gasteiger partial charge in [-0.2, -0.15) is 0 Å². The van der Waals surface area contributed by atoms with E-state index in [4.69, 9.17) is 4.42 Å². The molecule has 2 N–H and O–H groups in total. The number of benzene rings is 1. The van der Waals surface area contributed by atoms with Gasteiger partial charge in [0, 0.05) is 24.2 Å². The molecule has 0 spiro atoms. The smallest absolute Gasteiger partial charge is 0.291 e. The van der Waals surface area contributed by atoms with Crippen molar-refractivity contribution in [1.29, 1.82) is 0 Å². The summed E-state index contributed by atoms with van der Waals surface area (Å²) in [6.07, 6.45) is 5.81. The molecule has 0 bridgehead atoms. The molecule has 4 rings (SSSR count). The molecule has 0 atom stereocenters. The maximum absolute atomic E-state index is 12.4. The van der Waals surface area contributed by atoms with Crippen molar-refractivity contribution in [3.8, 4) is 0 Å². The second kappa shape index (κ2) is 8.08.